The number of carbonyl (C=O) groups is 6. The van der Waals surface area contributed by atoms with Crippen LogP contribution in [-0.4, -0.2) is 86.2 Å². The number of hydrogen-bond donors (Lipinski definition) is 2. The summed E-state index contributed by atoms with van der Waals surface area (Å²) < 4.78 is 16.8. The molecule has 4 aromatic rings. The highest BCUT2D eigenvalue weighted by molar-refractivity contribution is 7.14. The molecule has 3 aromatic carbocycles. The smallest absolute Gasteiger partial charge is 0.376 e. The number of benzene rings is 3. The Hall–Kier alpha value is -6.77. The molecule has 312 valence electrons. The maximum Gasteiger partial charge on any atom is 0.376 e. The van der Waals surface area contributed by atoms with Gasteiger partial charge < -0.3 is 29.7 Å². The van der Waals surface area contributed by atoms with Crippen molar-refractivity contribution in [3.63, 3.8) is 0 Å². The van der Waals surface area contributed by atoms with Crippen LogP contribution < -0.4 is 10.6 Å². The van der Waals surface area contributed by atoms with Crippen molar-refractivity contribution in [1.82, 2.24) is 15.4 Å². The van der Waals surface area contributed by atoms with Crippen LogP contribution in [0.4, 0.5) is 10.8 Å². The molecule has 3 amide bonds. The van der Waals surface area contributed by atoms with E-state index in [1.54, 1.807) is 60.7 Å². The number of hydrogen-bond acceptors (Lipinski definition) is 16. The Morgan fingerprint density at radius 2 is 1.70 bits per heavy atom. The zero-order valence-electron chi connectivity index (χ0n) is 31.7. The number of amides is 3. The predicted octanol–water partition coefficient (Wildman–Crippen LogP) is 4.10. The van der Waals surface area contributed by atoms with E-state index in [1.165, 1.54) is 43.5 Å². The van der Waals surface area contributed by atoms with Crippen LogP contribution in [0.1, 0.15) is 55.2 Å². The first-order valence-corrected chi connectivity index (χ1v) is 19.4. The van der Waals surface area contributed by atoms with Gasteiger partial charge in [-0.2, -0.15) is 5.06 Å². The molecule has 2 aliphatic rings. The Morgan fingerprint density at radius 1 is 1.05 bits per heavy atom. The van der Waals surface area contributed by atoms with Gasteiger partial charge >= 0.3 is 23.6 Å². The van der Waals surface area contributed by atoms with Gasteiger partial charge in [-0.15, -0.1) is 22.9 Å². The molecular weight excluding hydrogens is 828 g/mol. The van der Waals surface area contributed by atoms with Gasteiger partial charge in [0.2, 0.25) is 11.5 Å². The minimum atomic E-state index is -2.35. The lowest BCUT2D eigenvalue weighted by atomic mass is 10.0. The van der Waals surface area contributed by atoms with Gasteiger partial charge in [0.05, 0.1) is 11.3 Å². The van der Waals surface area contributed by atoms with Crippen molar-refractivity contribution in [3.8, 4) is 0 Å². The van der Waals surface area contributed by atoms with Crippen LogP contribution in [0.2, 0.25) is 0 Å². The number of hydroxylamine groups is 2. The molecule has 2 fully saturated rings. The van der Waals surface area contributed by atoms with Gasteiger partial charge in [-0.1, -0.05) is 65.8 Å². The Balaban J connectivity index is 1.21. The third-order valence-electron chi connectivity index (χ3n) is 8.90. The number of oxime groups is 1. The molecule has 21 heteroatoms. The number of esters is 3. The Kier molecular flexibility index (Phi) is 13.2. The summed E-state index contributed by atoms with van der Waals surface area (Å²) >= 11 is 6.50. The van der Waals surface area contributed by atoms with Crippen molar-refractivity contribution < 1.29 is 57.6 Å². The van der Waals surface area contributed by atoms with E-state index in [0.29, 0.717) is 21.8 Å². The molecule has 6 rings (SSSR count). The monoisotopic (exact) mass is 862 g/mol. The number of thiazole rings is 1. The SMILES string of the molecule is CC(C)(ON=C(C(=O)N[C@H]1CON(C2(C(=O)OC(c3ccccc3)c3ccccc3)CCC(=O)O2)C1=O)c1csc(NC(=O)CCl)n1)C(=O)OCc1ccc([N+](=O)[O-])cc1. The standard InChI is InChI=1S/C39H35ClN6O13S/c1-38(2,35(51)55-20-23-13-15-26(16-14-23)46(53)54)59-44-31(28-22-60-37(42-28)43-29(47)19-40)33(49)41-27-21-56-45(34(27)50)39(18-17-30(48)58-39)36(52)57-32(24-9-5-3-6-10-24)25-11-7-4-8-12-25/h3-16,22,27,32H,17-21H2,1-2H3,(H,41,49)(H,42,43,47)/t27-,39?/m0/s1. The molecule has 0 radical (unpaired) electrons. The molecule has 2 aliphatic heterocycles. The number of nitro groups is 1. The second-order valence-electron chi connectivity index (χ2n) is 13.6. The summed E-state index contributed by atoms with van der Waals surface area (Å²) in [6.07, 6.45) is -1.55. The average Bonchev–Trinajstić information content (AvgIpc) is 3.98. The van der Waals surface area contributed by atoms with Crippen LogP contribution in [0, 0.1) is 10.1 Å². The quantitative estimate of drug-likeness (QED) is 0.0403. The lowest BCUT2D eigenvalue weighted by Gasteiger charge is -2.34. The topological polar surface area (TPSA) is 244 Å². The zero-order chi connectivity index (χ0) is 43.0. The van der Waals surface area contributed by atoms with E-state index in [4.69, 9.17) is 35.5 Å². The lowest BCUT2D eigenvalue weighted by molar-refractivity contribution is -0.384. The first kappa shape index (κ1) is 42.8. The maximum atomic E-state index is 14.1. The average molecular weight is 863 g/mol. The van der Waals surface area contributed by atoms with E-state index in [2.05, 4.69) is 20.8 Å². The molecule has 3 heterocycles. The number of anilines is 1. The Bertz CT molecular complexity index is 2270. The maximum absolute atomic E-state index is 14.1. The number of aromatic nitrogens is 1. The summed E-state index contributed by atoms with van der Waals surface area (Å²) in [4.78, 5) is 105. The summed E-state index contributed by atoms with van der Waals surface area (Å²) in [5.74, 6) is -5.86. The number of halogens is 1. The Morgan fingerprint density at radius 3 is 2.28 bits per heavy atom. The highest BCUT2D eigenvalue weighted by atomic mass is 35.5. The van der Waals surface area contributed by atoms with Crippen LogP contribution in [0.5, 0.6) is 0 Å². The van der Waals surface area contributed by atoms with Gasteiger partial charge in [0.1, 0.15) is 30.8 Å². The van der Waals surface area contributed by atoms with Gasteiger partial charge in [-0.3, -0.25) is 34.1 Å². The Labute approximate surface area is 349 Å². The fraction of sp³-hybridized carbons (Fsp3) is 0.282. The summed E-state index contributed by atoms with van der Waals surface area (Å²) in [6.45, 7) is 1.79. The summed E-state index contributed by atoms with van der Waals surface area (Å²) in [5.41, 5.74) is -3.42. The molecule has 1 unspecified atom stereocenters. The number of nitro benzene ring substituents is 1. The molecule has 2 N–H and O–H groups in total. The van der Waals surface area contributed by atoms with Crippen LogP contribution >= 0.6 is 22.9 Å². The predicted molar refractivity (Wildman–Crippen MR) is 210 cm³/mol. The fourth-order valence-corrected chi connectivity index (χ4v) is 6.56. The minimum Gasteiger partial charge on any atom is -0.458 e. The molecule has 0 saturated carbocycles. The van der Waals surface area contributed by atoms with Gasteiger partial charge in [0.25, 0.3) is 17.5 Å². The van der Waals surface area contributed by atoms with Crippen LogP contribution in [-0.2, 0) is 59.3 Å². The van der Waals surface area contributed by atoms with Crippen molar-refractivity contribution in [1.29, 1.82) is 0 Å². The molecule has 2 atom stereocenters. The molecule has 0 bridgehead atoms. The van der Waals surface area contributed by atoms with Crippen LogP contribution in [0.25, 0.3) is 0 Å². The normalized spacial score (nSPS) is 17.8. The number of nitrogens with zero attached hydrogens (tertiary/aromatic N) is 4. The van der Waals surface area contributed by atoms with E-state index in [0.717, 1.165) is 11.3 Å². The minimum absolute atomic E-state index is 0.0252. The highest BCUT2D eigenvalue weighted by Crippen LogP contribution is 2.38. The molecule has 2 saturated heterocycles. The first-order valence-electron chi connectivity index (χ1n) is 18.0. The van der Waals surface area contributed by atoms with E-state index >= 15 is 0 Å². The van der Waals surface area contributed by atoms with Gasteiger partial charge in [0.15, 0.2) is 16.9 Å². The van der Waals surface area contributed by atoms with Crippen LogP contribution in [0.3, 0.4) is 0 Å². The molecule has 0 spiro atoms. The largest absolute Gasteiger partial charge is 0.458 e. The molecule has 19 nitrogen and oxygen atoms in total. The molecule has 1 aromatic heterocycles. The van der Waals surface area contributed by atoms with Gasteiger partial charge in [-0.05, 0) is 42.7 Å². The van der Waals surface area contributed by atoms with E-state index in [-0.39, 0.29) is 41.8 Å². The van der Waals surface area contributed by atoms with Crippen molar-refractivity contribution in [2.24, 2.45) is 5.16 Å². The van der Waals surface area contributed by atoms with Gasteiger partial charge in [0, 0.05) is 23.9 Å². The number of non-ortho nitro benzene ring substituents is 1. The van der Waals surface area contributed by atoms with E-state index in [9.17, 15) is 38.9 Å². The van der Waals surface area contributed by atoms with E-state index in [1.807, 2.05) is 0 Å². The number of cyclic esters (lactones) is 1. The van der Waals surface area contributed by atoms with Crippen LogP contribution in [0.15, 0.2) is 95.5 Å². The molecular formula is C39H35ClN6O13S. The number of alkyl halides is 1. The summed E-state index contributed by atoms with van der Waals surface area (Å²) in [5, 5.41) is 21.7. The van der Waals surface area contributed by atoms with Crippen molar-refractivity contribution in [2.45, 2.75) is 56.8 Å². The third-order valence-corrected chi connectivity index (χ3v) is 9.90. The zero-order valence-corrected chi connectivity index (χ0v) is 33.3. The summed E-state index contributed by atoms with van der Waals surface area (Å²) in [6, 6.07) is 21.4. The number of rotatable bonds is 16. The summed E-state index contributed by atoms with van der Waals surface area (Å²) in [7, 11) is 0. The highest BCUT2D eigenvalue weighted by Gasteiger charge is 2.60. The fourth-order valence-electron chi connectivity index (χ4n) is 5.78. The van der Waals surface area contributed by atoms with E-state index < -0.39 is 76.3 Å². The third kappa shape index (κ3) is 9.73. The molecule has 0 aliphatic carbocycles. The number of nitrogens with one attached hydrogen (secondary N) is 2. The van der Waals surface area contributed by atoms with Crippen molar-refractivity contribution in [2.75, 3.05) is 17.8 Å². The number of ether oxygens (including phenoxy) is 3. The number of carbonyl (C=O) groups excluding carboxylic acids is 6. The van der Waals surface area contributed by atoms with Crippen molar-refractivity contribution in [3.05, 3.63) is 123 Å². The lowest BCUT2D eigenvalue weighted by Crippen LogP contribution is -2.57. The molecule has 60 heavy (non-hydrogen) atoms. The second-order valence-corrected chi connectivity index (χ2v) is 14.7. The van der Waals surface area contributed by atoms with Gasteiger partial charge in [-0.25, -0.2) is 14.6 Å². The second kappa shape index (κ2) is 18.4. The van der Waals surface area contributed by atoms with Crippen molar-refractivity contribution >= 4 is 75.1 Å². The first-order chi connectivity index (χ1) is 28.7.